The highest BCUT2D eigenvalue weighted by atomic mass is 16.6. The van der Waals surface area contributed by atoms with Crippen molar-refractivity contribution in [1.82, 2.24) is 9.80 Å². The predicted octanol–water partition coefficient (Wildman–Crippen LogP) is 0.949. The van der Waals surface area contributed by atoms with Crippen LogP contribution >= 0.6 is 0 Å². The van der Waals surface area contributed by atoms with Crippen LogP contribution in [0.5, 0.6) is 11.5 Å². The van der Waals surface area contributed by atoms with Crippen molar-refractivity contribution in [3.63, 3.8) is 0 Å². The molecule has 2 amide bonds. The summed E-state index contributed by atoms with van der Waals surface area (Å²) in [6.45, 7) is 6.20. The molecule has 0 atom stereocenters. The lowest BCUT2D eigenvalue weighted by Gasteiger charge is -2.44. The van der Waals surface area contributed by atoms with Crippen molar-refractivity contribution < 1.29 is 19.1 Å². The van der Waals surface area contributed by atoms with Crippen molar-refractivity contribution >= 4 is 17.5 Å². The Morgan fingerprint density at radius 1 is 1.21 bits per heavy atom. The summed E-state index contributed by atoms with van der Waals surface area (Å²) in [4.78, 5) is 28.3. The molecule has 7 heteroatoms. The van der Waals surface area contributed by atoms with Gasteiger partial charge < -0.3 is 19.7 Å². The number of nitrogens with one attached hydrogen (secondary N) is 1. The third-order valence-electron chi connectivity index (χ3n) is 4.53. The van der Waals surface area contributed by atoms with Gasteiger partial charge in [0.15, 0.2) is 11.5 Å². The highest BCUT2D eigenvalue weighted by molar-refractivity contribution is 5.94. The Labute approximate surface area is 141 Å². The molecule has 2 aliphatic heterocycles. The lowest BCUT2D eigenvalue weighted by atomic mass is 9.98. The van der Waals surface area contributed by atoms with Crippen molar-refractivity contribution in [2.75, 3.05) is 45.2 Å². The summed E-state index contributed by atoms with van der Waals surface area (Å²) < 4.78 is 11.0. The van der Waals surface area contributed by atoms with E-state index in [0.717, 1.165) is 0 Å². The minimum absolute atomic E-state index is 0.0286. The van der Waals surface area contributed by atoms with Gasteiger partial charge in [-0.2, -0.15) is 0 Å². The number of rotatable bonds is 3. The van der Waals surface area contributed by atoms with Gasteiger partial charge in [-0.15, -0.1) is 0 Å². The van der Waals surface area contributed by atoms with E-state index in [1.165, 1.54) is 0 Å². The number of anilines is 1. The number of hydrogen-bond donors (Lipinski definition) is 1. The van der Waals surface area contributed by atoms with Gasteiger partial charge in [0, 0.05) is 31.9 Å². The molecule has 3 rings (SSSR count). The molecule has 0 radical (unpaired) electrons. The first-order valence-corrected chi connectivity index (χ1v) is 8.08. The fourth-order valence-corrected chi connectivity index (χ4v) is 3.03. The molecule has 0 saturated carbocycles. The van der Waals surface area contributed by atoms with Crippen LogP contribution in [0, 0.1) is 0 Å². The van der Waals surface area contributed by atoms with Gasteiger partial charge >= 0.3 is 0 Å². The number of carbonyl (C=O) groups excluding carboxylic acids is 2. The van der Waals surface area contributed by atoms with E-state index in [1.807, 2.05) is 18.7 Å². The second-order valence-electron chi connectivity index (χ2n) is 6.61. The zero-order valence-electron chi connectivity index (χ0n) is 14.3. The average molecular weight is 333 g/mol. The molecule has 7 nitrogen and oxygen atoms in total. The van der Waals surface area contributed by atoms with E-state index >= 15 is 0 Å². The predicted molar refractivity (Wildman–Crippen MR) is 89.4 cm³/mol. The number of fused-ring (bicyclic) bond motifs is 1. The van der Waals surface area contributed by atoms with Gasteiger partial charge in [-0.05, 0) is 26.0 Å². The summed E-state index contributed by atoms with van der Waals surface area (Å²) in [5.41, 5.74) is -0.0283. The molecule has 130 valence electrons. The largest absolute Gasteiger partial charge is 0.486 e. The second kappa shape index (κ2) is 6.32. The Morgan fingerprint density at radius 3 is 2.67 bits per heavy atom. The molecule has 1 aromatic carbocycles. The number of piperazine rings is 1. The molecule has 2 heterocycles. The number of ether oxygens (including phenoxy) is 2. The first-order chi connectivity index (χ1) is 11.4. The van der Waals surface area contributed by atoms with Crippen LogP contribution in [0.2, 0.25) is 0 Å². The Morgan fingerprint density at radius 2 is 1.92 bits per heavy atom. The van der Waals surface area contributed by atoms with Crippen LogP contribution in [0.25, 0.3) is 0 Å². The topological polar surface area (TPSA) is 71.1 Å². The number of amides is 2. The summed E-state index contributed by atoms with van der Waals surface area (Å²) in [5.74, 6) is 1.19. The molecule has 0 aliphatic carbocycles. The van der Waals surface area contributed by atoms with Crippen LogP contribution < -0.4 is 14.8 Å². The van der Waals surface area contributed by atoms with Gasteiger partial charge in [0.05, 0.1) is 12.1 Å². The molecule has 0 aromatic heterocycles. The molecular formula is C17H23N3O4. The quantitative estimate of drug-likeness (QED) is 0.892. The maximum Gasteiger partial charge on any atom is 0.242 e. The normalized spacial score (nSPS) is 20.0. The van der Waals surface area contributed by atoms with Crippen LogP contribution in [0.4, 0.5) is 5.69 Å². The van der Waals surface area contributed by atoms with Crippen molar-refractivity contribution in [3.8, 4) is 11.5 Å². The van der Waals surface area contributed by atoms with E-state index in [0.29, 0.717) is 43.5 Å². The van der Waals surface area contributed by atoms with Gasteiger partial charge in [-0.3, -0.25) is 14.5 Å². The lowest BCUT2D eigenvalue weighted by molar-refractivity contribution is -0.147. The third kappa shape index (κ3) is 3.17. The Balaban J connectivity index is 1.64. The molecule has 24 heavy (non-hydrogen) atoms. The Bertz CT molecular complexity index is 659. The zero-order chi connectivity index (χ0) is 17.3. The zero-order valence-corrected chi connectivity index (χ0v) is 14.3. The first kappa shape index (κ1) is 16.6. The molecular weight excluding hydrogens is 310 g/mol. The Hall–Kier alpha value is -2.28. The van der Waals surface area contributed by atoms with Crippen molar-refractivity contribution in [2.45, 2.75) is 19.4 Å². The minimum Gasteiger partial charge on any atom is -0.486 e. The number of benzene rings is 1. The van der Waals surface area contributed by atoms with Crippen molar-refractivity contribution in [3.05, 3.63) is 18.2 Å². The van der Waals surface area contributed by atoms with E-state index < -0.39 is 5.54 Å². The maximum absolute atomic E-state index is 12.4. The molecule has 0 bridgehead atoms. The van der Waals surface area contributed by atoms with Gasteiger partial charge in [0.2, 0.25) is 11.8 Å². The van der Waals surface area contributed by atoms with E-state index in [9.17, 15) is 9.59 Å². The van der Waals surface area contributed by atoms with Gasteiger partial charge in [0.25, 0.3) is 0 Å². The second-order valence-corrected chi connectivity index (χ2v) is 6.61. The van der Waals surface area contributed by atoms with Crippen LogP contribution in [0.3, 0.4) is 0 Å². The maximum atomic E-state index is 12.4. The van der Waals surface area contributed by atoms with E-state index in [1.54, 1.807) is 30.1 Å². The number of likely N-dealkylation sites (N-methyl/N-ethyl adjacent to an activating group) is 1. The molecule has 1 aromatic rings. The first-order valence-electron chi connectivity index (χ1n) is 8.08. The lowest BCUT2D eigenvalue weighted by Crippen LogP contribution is -2.63. The standard InChI is InChI=1S/C17H23N3O4/c1-17(2)16(22)19(3)6-7-20(17)11-15(21)18-12-4-5-13-14(10-12)24-9-8-23-13/h4-5,10H,6-9,11H2,1-3H3,(H,18,21). The fraction of sp³-hybridized carbons (Fsp3) is 0.529. The van der Waals surface area contributed by atoms with E-state index in [-0.39, 0.29) is 18.4 Å². The molecule has 2 aliphatic rings. The Kier molecular flexibility index (Phi) is 4.36. The minimum atomic E-state index is -0.683. The third-order valence-corrected chi connectivity index (χ3v) is 4.53. The summed E-state index contributed by atoms with van der Waals surface area (Å²) in [7, 11) is 1.79. The SMILES string of the molecule is CN1CCN(CC(=O)Nc2ccc3c(c2)OCCO3)C(C)(C)C1=O. The van der Waals surface area contributed by atoms with Crippen LogP contribution in [0.1, 0.15) is 13.8 Å². The summed E-state index contributed by atoms with van der Waals surface area (Å²) >= 11 is 0. The summed E-state index contributed by atoms with van der Waals surface area (Å²) in [6.07, 6.45) is 0. The molecule has 1 fully saturated rings. The van der Waals surface area contributed by atoms with Gasteiger partial charge in [0.1, 0.15) is 13.2 Å². The van der Waals surface area contributed by atoms with Crippen molar-refractivity contribution in [1.29, 1.82) is 0 Å². The van der Waals surface area contributed by atoms with E-state index in [2.05, 4.69) is 5.32 Å². The smallest absolute Gasteiger partial charge is 0.242 e. The van der Waals surface area contributed by atoms with Crippen molar-refractivity contribution in [2.24, 2.45) is 0 Å². The monoisotopic (exact) mass is 333 g/mol. The van der Waals surface area contributed by atoms with Gasteiger partial charge in [-0.1, -0.05) is 0 Å². The average Bonchev–Trinajstić information content (AvgIpc) is 2.56. The van der Waals surface area contributed by atoms with Crippen LogP contribution in [-0.4, -0.2) is 67.0 Å². The number of hydrogen-bond acceptors (Lipinski definition) is 5. The highest BCUT2D eigenvalue weighted by Crippen LogP contribution is 2.32. The molecule has 1 saturated heterocycles. The van der Waals surface area contributed by atoms with Crippen LogP contribution in [0.15, 0.2) is 18.2 Å². The van der Waals surface area contributed by atoms with E-state index in [4.69, 9.17) is 9.47 Å². The number of nitrogens with zero attached hydrogens (tertiary/aromatic N) is 2. The molecule has 1 N–H and O–H groups in total. The molecule has 0 unspecified atom stereocenters. The van der Waals surface area contributed by atoms with Crippen LogP contribution in [-0.2, 0) is 9.59 Å². The fourth-order valence-electron chi connectivity index (χ4n) is 3.03. The van der Waals surface area contributed by atoms with Gasteiger partial charge in [-0.25, -0.2) is 0 Å². The summed E-state index contributed by atoms with van der Waals surface area (Å²) in [5, 5.41) is 2.86. The highest BCUT2D eigenvalue weighted by Gasteiger charge is 2.41. The number of carbonyl (C=O) groups is 2. The molecule has 0 spiro atoms. The summed E-state index contributed by atoms with van der Waals surface area (Å²) in [6, 6.07) is 5.33.